The molecule has 0 aliphatic carbocycles. The van der Waals surface area contributed by atoms with E-state index in [4.69, 9.17) is 15.0 Å². The third-order valence-electron chi connectivity index (χ3n) is 2.01. The average Bonchev–Trinajstić information content (AvgIpc) is 2.28. The Hall–Kier alpha value is 0.643. The summed E-state index contributed by atoms with van der Waals surface area (Å²) in [7, 11) is 0. The number of carbonyl (C=O) groups is 1. The second-order valence-electron chi connectivity index (χ2n) is 3.72. The number of aromatic nitrogens is 2. The van der Waals surface area contributed by atoms with E-state index in [9.17, 15) is 0 Å². The molecule has 2 aromatic rings. The first-order chi connectivity index (χ1) is 8.97. The summed E-state index contributed by atoms with van der Waals surface area (Å²) >= 11 is 0. The van der Waals surface area contributed by atoms with Gasteiger partial charge in [-0.3, -0.25) is 0 Å². The Morgan fingerprint density at radius 1 is 1.00 bits per heavy atom. The molecular formula is C13H13K2N3O3. The molecule has 8 heteroatoms. The van der Waals surface area contributed by atoms with E-state index in [1.54, 1.807) is 0 Å². The zero-order valence-electron chi connectivity index (χ0n) is 12.6. The number of hydrogen-bond acceptors (Lipinski definition) is 6. The van der Waals surface area contributed by atoms with E-state index < -0.39 is 6.16 Å². The van der Waals surface area contributed by atoms with Crippen LogP contribution in [0.1, 0.15) is 11.4 Å². The maximum atomic E-state index is 8.33. The fraction of sp³-hybridized carbons (Fsp3) is 0.154. The van der Waals surface area contributed by atoms with Gasteiger partial charge in [0.2, 0.25) is 5.95 Å². The van der Waals surface area contributed by atoms with Gasteiger partial charge in [0.1, 0.15) is 0 Å². The van der Waals surface area contributed by atoms with Gasteiger partial charge in [-0.1, -0.05) is 18.2 Å². The van der Waals surface area contributed by atoms with E-state index in [0.717, 1.165) is 17.1 Å². The molecule has 0 aliphatic heterocycles. The van der Waals surface area contributed by atoms with Gasteiger partial charge < -0.3 is 20.3 Å². The number of nitrogens with zero attached hydrogens (tertiary/aromatic N) is 2. The van der Waals surface area contributed by atoms with Gasteiger partial charge in [0.05, 0.1) is 0 Å². The van der Waals surface area contributed by atoms with Crippen molar-refractivity contribution < 1.29 is 118 Å². The number of hydrogen-bond donors (Lipinski definition) is 1. The summed E-state index contributed by atoms with van der Waals surface area (Å²) in [5.41, 5.74) is 2.95. The fourth-order valence-electron chi connectivity index (χ4n) is 1.43. The molecule has 0 spiro atoms. The number of nitrogens with one attached hydrogen (secondary N) is 1. The molecule has 100 valence electrons. The first-order valence-electron chi connectivity index (χ1n) is 5.49. The van der Waals surface area contributed by atoms with E-state index in [2.05, 4.69) is 15.3 Å². The Kier molecular flexibility index (Phi) is 14.9. The van der Waals surface area contributed by atoms with Crippen LogP contribution in [0.5, 0.6) is 0 Å². The number of aryl methyl sites for hydroxylation is 2. The van der Waals surface area contributed by atoms with Crippen molar-refractivity contribution in [1.29, 1.82) is 0 Å². The number of para-hydroxylation sites is 1. The summed E-state index contributed by atoms with van der Waals surface area (Å²) in [5, 5.41) is 19.8. The number of anilines is 2. The van der Waals surface area contributed by atoms with Crippen molar-refractivity contribution in [2.45, 2.75) is 13.8 Å². The zero-order valence-corrected chi connectivity index (χ0v) is 18.8. The van der Waals surface area contributed by atoms with Gasteiger partial charge in [-0.2, -0.15) is 0 Å². The molecule has 0 saturated heterocycles. The Morgan fingerprint density at radius 2 is 1.43 bits per heavy atom. The van der Waals surface area contributed by atoms with Gasteiger partial charge in [0, 0.05) is 17.1 Å². The maximum absolute atomic E-state index is 8.33. The van der Waals surface area contributed by atoms with Crippen molar-refractivity contribution in [2.75, 3.05) is 5.32 Å². The molecule has 0 radical (unpaired) electrons. The molecule has 1 aromatic carbocycles. The Labute approximate surface area is 208 Å². The molecule has 1 N–H and O–H groups in total. The Bertz CT molecular complexity index is 529. The van der Waals surface area contributed by atoms with Crippen molar-refractivity contribution >= 4 is 17.8 Å². The second kappa shape index (κ2) is 13.1. The Morgan fingerprint density at radius 3 is 1.86 bits per heavy atom. The summed E-state index contributed by atoms with van der Waals surface area (Å²) in [6, 6.07) is 11.9. The number of benzene rings is 1. The standard InChI is InChI=1S/C12H13N3.CH2O3.2K/c1-9-8-10(2)14-12(13-9)15-11-6-4-3-5-7-11;2-1(3)4;;/h3-8H,1-2H3,(H,13,14,15);(H2,2,3,4);;/q;;2*+1/p-2. The van der Waals surface area contributed by atoms with Gasteiger partial charge in [0.25, 0.3) is 0 Å². The van der Waals surface area contributed by atoms with Crippen LogP contribution in [0.4, 0.5) is 16.4 Å². The van der Waals surface area contributed by atoms with Crippen LogP contribution in [0.25, 0.3) is 0 Å². The molecule has 2 rings (SSSR count). The van der Waals surface area contributed by atoms with Crippen molar-refractivity contribution in [3.63, 3.8) is 0 Å². The fourth-order valence-corrected chi connectivity index (χ4v) is 1.43. The predicted molar refractivity (Wildman–Crippen MR) is 66.6 cm³/mol. The summed E-state index contributed by atoms with van der Waals surface area (Å²) in [6.45, 7) is 3.93. The summed E-state index contributed by atoms with van der Waals surface area (Å²) in [6.07, 6.45) is -2.33. The van der Waals surface area contributed by atoms with Crippen LogP contribution < -0.4 is 118 Å². The molecule has 6 nitrogen and oxygen atoms in total. The van der Waals surface area contributed by atoms with Crippen LogP contribution in [-0.4, -0.2) is 16.1 Å². The van der Waals surface area contributed by atoms with Gasteiger partial charge in [-0.05, 0) is 38.2 Å². The van der Waals surface area contributed by atoms with Crippen LogP contribution in [0.3, 0.4) is 0 Å². The monoisotopic (exact) mass is 337 g/mol. The third-order valence-corrected chi connectivity index (χ3v) is 2.01. The third kappa shape index (κ3) is 11.8. The van der Waals surface area contributed by atoms with Gasteiger partial charge in [-0.15, -0.1) is 0 Å². The van der Waals surface area contributed by atoms with Crippen molar-refractivity contribution in [3.8, 4) is 0 Å². The molecule has 21 heavy (non-hydrogen) atoms. The predicted octanol–water partition coefficient (Wildman–Crippen LogP) is -5.60. The van der Waals surface area contributed by atoms with Gasteiger partial charge in [0.15, 0.2) is 0 Å². The molecule has 0 fully saturated rings. The van der Waals surface area contributed by atoms with E-state index >= 15 is 0 Å². The smallest absolute Gasteiger partial charge is 0.652 e. The zero-order chi connectivity index (χ0) is 14.3. The molecule has 0 aliphatic rings. The number of carbonyl (C=O) groups excluding carboxylic acids is 1. The maximum Gasteiger partial charge on any atom is 1.00 e. The van der Waals surface area contributed by atoms with Crippen molar-refractivity contribution in [2.24, 2.45) is 0 Å². The molecular weight excluding hydrogens is 324 g/mol. The molecule has 0 bridgehead atoms. The van der Waals surface area contributed by atoms with Crippen LogP contribution in [-0.2, 0) is 0 Å². The average molecular weight is 337 g/mol. The first-order valence-corrected chi connectivity index (χ1v) is 5.49. The van der Waals surface area contributed by atoms with E-state index in [0.29, 0.717) is 5.95 Å². The van der Waals surface area contributed by atoms with Crippen molar-refractivity contribution in [1.82, 2.24) is 9.97 Å². The second-order valence-corrected chi connectivity index (χ2v) is 3.72. The van der Waals surface area contributed by atoms with Crippen molar-refractivity contribution in [3.05, 3.63) is 47.8 Å². The minimum atomic E-state index is -2.33. The topological polar surface area (TPSA) is 101 Å². The van der Waals surface area contributed by atoms with E-state index in [1.807, 2.05) is 50.2 Å². The quantitative estimate of drug-likeness (QED) is 0.549. The number of carboxylic acid groups (broad SMARTS) is 2. The molecule has 0 saturated carbocycles. The molecule has 0 amide bonds. The first kappa shape index (κ1) is 23.9. The number of rotatable bonds is 2. The molecule has 1 aromatic heterocycles. The minimum Gasteiger partial charge on any atom is -0.652 e. The summed E-state index contributed by atoms with van der Waals surface area (Å²) in [4.78, 5) is 16.9. The summed E-state index contributed by atoms with van der Waals surface area (Å²) in [5.74, 6) is 0.652. The summed E-state index contributed by atoms with van der Waals surface area (Å²) < 4.78 is 0. The minimum absolute atomic E-state index is 0. The SMILES string of the molecule is Cc1cc(C)nc(Nc2ccccc2)n1.O=C([O-])[O-].[K+].[K+]. The van der Waals surface area contributed by atoms with Crippen LogP contribution in [0.2, 0.25) is 0 Å². The molecule has 0 atom stereocenters. The van der Waals surface area contributed by atoms with E-state index in [1.165, 1.54) is 0 Å². The van der Waals surface area contributed by atoms with Gasteiger partial charge in [-0.25, -0.2) is 9.97 Å². The van der Waals surface area contributed by atoms with Gasteiger partial charge >= 0.3 is 103 Å². The normalized spacial score (nSPS) is 8.29. The molecule has 1 heterocycles. The largest absolute Gasteiger partial charge is 1.00 e. The molecule has 0 unspecified atom stereocenters. The van der Waals surface area contributed by atoms with Crippen LogP contribution in [0, 0.1) is 13.8 Å². The van der Waals surface area contributed by atoms with Crippen LogP contribution >= 0.6 is 0 Å². The Balaban J connectivity index is 0. The van der Waals surface area contributed by atoms with E-state index in [-0.39, 0.29) is 103 Å². The van der Waals surface area contributed by atoms with Crippen LogP contribution in [0.15, 0.2) is 36.4 Å².